The maximum absolute atomic E-state index is 12.9. The summed E-state index contributed by atoms with van der Waals surface area (Å²) in [5.74, 6) is 0. The summed E-state index contributed by atoms with van der Waals surface area (Å²) >= 11 is 0. The molecule has 0 saturated carbocycles. The maximum Gasteiger partial charge on any atom is 0.270 e. The van der Waals surface area contributed by atoms with Crippen LogP contribution in [0.15, 0.2) is 83.8 Å². The van der Waals surface area contributed by atoms with Gasteiger partial charge in [-0.2, -0.15) is 4.72 Å². The van der Waals surface area contributed by atoms with E-state index in [2.05, 4.69) is 4.72 Å². The van der Waals surface area contributed by atoms with Gasteiger partial charge in [0.2, 0.25) is 10.0 Å². The Kier molecular flexibility index (Phi) is 5.20. The van der Waals surface area contributed by atoms with E-state index in [0.29, 0.717) is 16.8 Å². The predicted molar refractivity (Wildman–Crippen MR) is 103 cm³/mol. The molecule has 8 heteroatoms. The fourth-order valence-corrected chi connectivity index (χ4v) is 3.96. The minimum Gasteiger partial charge on any atom is -0.398 e. The highest BCUT2D eigenvalue weighted by atomic mass is 32.2. The van der Waals surface area contributed by atoms with E-state index >= 15 is 0 Å². The summed E-state index contributed by atoms with van der Waals surface area (Å²) in [7, 11) is -4.04. The van der Waals surface area contributed by atoms with Gasteiger partial charge in [-0.05, 0) is 23.3 Å². The number of hydrogen-bond acceptors (Lipinski definition) is 5. The lowest BCUT2D eigenvalue weighted by atomic mass is 9.98. The van der Waals surface area contributed by atoms with Crippen molar-refractivity contribution in [3.8, 4) is 0 Å². The molecule has 27 heavy (non-hydrogen) atoms. The number of nitrogens with zero attached hydrogens (tertiary/aromatic N) is 1. The van der Waals surface area contributed by atoms with Gasteiger partial charge in [-0.1, -0.05) is 54.6 Å². The van der Waals surface area contributed by atoms with Crippen molar-refractivity contribution < 1.29 is 13.3 Å². The molecule has 3 aromatic carbocycles. The van der Waals surface area contributed by atoms with E-state index in [1.54, 1.807) is 48.5 Å². The molecule has 3 aromatic rings. The van der Waals surface area contributed by atoms with E-state index in [1.165, 1.54) is 18.2 Å². The Hall–Kier alpha value is -3.23. The van der Waals surface area contributed by atoms with Crippen LogP contribution in [0.25, 0.3) is 0 Å². The summed E-state index contributed by atoms with van der Waals surface area (Å²) in [6.45, 7) is 0. The maximum atomic E-state index is 12.9. The first-order valence-corrected chi connectivity index (χ1v) is 9.53. The number of nitrogens with two attached hydrogens (primary N) is 1. The van der Waals surface area contributed by atoms with Gasteiger partial charge in [0.05, 0.1) is 15.9 Å². The molecule has 0 fully saturated rings. The zero-order chi connectivity index (χ0) is 19.4. The number of nitro groups is 1. The minimum absolute atomic E-state index is 0.188. The molecule has 7 nitrogen and oxygen atoms in total. The number of nitro benzene ring substituents is 1. The SMILES string of the molecule is Nc1ccccc1C(NS(=O)(=O)c1cccc([N+](=O)[O-])c1)c1ccccc1. The van der Waals surface area contributed by atoms with Crippen molar-refractivity contribution in [2.45, 2.75) is 10.9 Å². The van der Waals surface area contributed by atoms with Crippen molar-refractivity contribution in [1.29, 1.82) is 0 Å². The molecular weight excluding hydrogens is 366 g/mol. The van der Waals surface area contributed by atoms with Crippen molar-refractivity contribution >= 4 is 21.4 Å². The molecule has 0 aliphatic carbocycles. The lowest BCUT2D eigenvalue weighted by molar-refractivity contribution is -0.385. The highest BCUT2D eigenvalue weighted by Crippen LogP contribution is 2.29. The van der Waals surface area contributed by atoms with E-state index in [9.17, 15) is 18.5 Å². The minimum atomic E-state index is -4.04. The largest absolute Gasteiger partial charge is 0.398 e. The molecule has 0 bridgehead atoms. The van der Waals surface area contributed by atoms with Crippen molar-refractivity contribution in [1.82, 2.24) is 4.72 Å². The monoisotopic (exact) mass is 383 g/mol. The summed E-state index contributed by atoms with van der Waals surface area (Å²) < 4.78 is 28.4. The Labute approximate surface area is 156 Å². The van der Waals surface area contributed by atoms with Gasteiger partial charge in [0.15, 0.2) is 0 Å². The molecule has 0 radical (unpaired) electrons. The highest BCUT2D eigenvalue weighted by molar-refractivity contribution is 7.89. The summed E-state index contributed by atoms with van der Waals surface area (Å²) in [5.41, 5.74) is 7.49. The molecule has 0 amide bonds. The first-order chi connectivity index (χ1) is 12.9. The van der Waals surface area contributed by atoms with E-state index in [4.69, 9.17) is 5.73 Å². The van der Waals surface area contributed by atoms with Gasteiger partial charge in [-0.3, -0.25) is 10.1 Å². The Morgan fingerprint density at radius 3 is 2.26 bits per heavy atom. The average Bonchev–Trinajstić information content (AvgIpc) is 2.67. The van der Waals surface area contributed by atoms with E-state index < -0.39 is 21.0 Å². The number of sulfonamides is 1. The molecule has 1 atom stereocenters. The number of hydrogen-bond donors (Lipinski definition) is 2. The van der Waals surface area contributed by atoms with Crippen LogP contribution in [0.2, 0.25) is 0 Å². The lowest BCUT2D eigenvalue weighted by Crippen LogP contribution is -2.30. The molecule has 0 aliphatic rings. The third-order valence-corrected chi connectivity index (χ3v) is 5.47. The number of rotatable bonds is 6. The smallest absolute Gasteiger partial charge is 0.270 e. The summed E-state index contributed by atoms with van der Waals surface area (Å²) in [6, 6.07) is 20.1. The van der Waals surface area contributed by atoms with Crippen LogP contribution in [0.3, 0.4) is 0 Å². The number of nitrogen functional groups attached to an aromatic ring is 1. The van der Waals surface area contributed by atoms with Crippen LogP contribution in [0.5, 0.6) is 0 Å². The van der Waals surface area contributed by atoms with Crippen LogP contribution in [0.1, 0.15) is 17.2 Å². The van der Waals surface area contributed by atoms with Gasteiger partial charge < -0.3 is 5.73 Å². The highest BCUT2D eigenvalue weighted by Gasteiger charge is 2.25. The molecule has 138 valence electrons. The fraction of sp³-hybridized carbons (Fsp3) is 0.0526. The second kappa shape index (κ2) is 7.56. The topological polar surface area (TPSA) is 115 Å². The number of benzene rings is 3. The summed E-state index contributed by atoms with van der Waals surface area (Å²) in [4.78, 5) is 10.1. The number of nitrogens with one attached hydrogen (secondary N) is 1. The molecule has 3 N–H and O–H groups in total. The molecule has 1 unspecified atom stereocenters. The second-order valence-electron chi connectivity index (χ2n) is 5.85. The zero-order valence-electron chi connectivity index (χ0n) is 14.1. The molecule has 0 aliphatic heterocycles. The number of non-ortho nitro benzene ring substituents is 1. The van der Waals surface area contributed by atoms with Crippen LogP contribution in [-0.2, 0) is 10.0 Å². The molecule has 0 aromatic heterocycles. The van der Waals surface area contributed by atoms with Crippen LogP contribution in [-0.4, -0.2) is 13.3 Å². The van der Waals surface area contributed by atoms with Crippen LogP contribution < -0.4 is 10.5 Å². The van der Waals surface area contributed by atoms with Crippen LogP contribution >= 0.6 is 0 Å². The van der Waals surface area contributed by atoms with Crippen LogP contribution in [0, 0.1) is 10.1 Å². The molecule has 0 heterocycles. The Morgan fingerprint density at radius 2 is 1.59 bits per heavy atom. The van der Waals surface area contributed by atoms with E-state index in [0.717, 1.165) is 6.07 Å². The average molecular weight is 383 g/mol. The lowest BCUT2D eigenvalue weighted by Gasteiger charge is -2.21. The van der Waals surface area contributed by atoms with Gasteiger partial charge in [0.1, 0.15) is 0 Å². The molecular formula is C19H17N3O4S. The van der Waals surface area contributed by atoms with Crippen molar-refractivity contribution in [3.63, 3.8) is 0 Å². The third kappa shape index (κ3) is 4.13. The van der Waals surface area contributed by atoms with Crippen LogP contribution in [0.4, 0.5) is 11.4 Å². The fourth-order valence-electron chi connectivity index (χ4n) is 2.72. The molecule has 0 spiro atoms. The third-order valence-electron chi connectivity index (χ3n) is 4.05. The van der Waals surface area contributed by atoms with Gasteiger partial charge in [-0.15, -0.1) is 0 Å². The van der Waals surface area contributed by atoms with Crippen molar-refractivity contribution in [2.24, 2.45) is 0 Å². The van der Waals surface area contributed by atoms with E-state index in [1.807, 2.05) is 6.07 Å². The molecule has 3 rings (SSSR count). The first-order valence-electron chi connectivity index (χ1n) is 8.04. The Balaban J connectivity index is 2.05. The van der Waals surface area contributed by atoms with Gasteiger partial charge in [0, 0.05) is 17.8 Å². The second-order valence-corrected chi connectivity index (χ2v) is 7.56. The standard InChI is InChI=1S/C19H17N3O4S/c20-18-12-5-4-11-17(18)19(14-7-2-1-3-8-14)21-27(25,26)16-10-6-9-15(13-16)22(23)24/h1-13,19,21H,20H2. The van der Waals surface area contributed by atoms with E-state index in [-0.39, 0.29) is 10.6 Å². The van der Waals surface area contributed by atoms with Gasteiger partial charge in [-0.25, -0.2) is 8.42 Å². The van der Waals surface area contributed by atoms with Gasteiger partial charge in [0.25, 0.3) is 5.69 Å². The Morgan fingerprint density at radius 1 is 0.926 bits per heavy atom. The normalized spacial score (nSPS) is 12.4. The number of para-hydroxylation sites is 1. The zero-order valence-corrected chi connectivity index (χ0v) is 15.0. The van der Waals surface area contributed by atoms with Crippen molar-refractivity contribution in [2.75, 3.05) is 5.73 Å². The Bertz CT molecular complexity index is 1070. The number of anilines is 1. The van der Waals surface area contributed by atoms with Gasteiger partial charge >= 0.3 is 0 Å². The van der Waals surface area contributed by atoms with Crippen molar-refractivity contribution in [3.05, 3.63) is 100 Å². The first kappa shape index (κ1) is 18.6. The quantitative estimate of drug-likeness (QED) is 0.385. The summed E-state index contributed by atoms with van der Waals surface area (Å²) in [6.07, 6.45) is 0. The summed E-state index contributed by atoms with van der Waals surface area (Å²) in [5, 5.41) is 11.0. The predicted octanol–water partition coefficient (Wildman–Crippen LogP) is 3.24. The molecule has 0 saturated heterocycles.